The first-order chi connectivity index (χ1) is 36.1. The van der Waals surface area contributed by atoms with Crippen LogP contribution in [0.3, 0.4) is 0 Å². The van der Waals surface area contributed by atoms with Gasteiger partial charge in [0, 0.05) is 129 Å². The van der Waals surface area contributed by atoms with Gasteiger partial charge in [0.25, 0.3) is 33.7 Å². The van der Waals surface area contributed by atoms with Crippen molar-refractivity contribution in [2.24, 2.45) is 9.98 Å². The van der Waals surface area contributed by atoms with Crippen LogP contribution in [-0.4, -0.2) is 117 Å². The van der Waals surface area contributed by atoms with E-state index in [1.54, 1.807) is 73.1 Å². The van der Waals surface area contributed by atoms with Crippen LogP contribution in [0.15, 0.2) is 132 Å². The Labute approximate surface area is 442 Å². The molecule has 2 aromatic heterocycles. The van der Waals surface area contributed by atoms with E-state index in [4.69, 9.17) is 27.8 Å². The van der Waals surface area contributed by atoms with Gasteiger partial charge in [0.05, 0.1) is 30.4 Å². The number of nitrogens with zero attached hydrogens (tertiary/aromatic N) is 4. The molecule has 0 fully saturated rings. The molecule has 4 amide bonds. The lowest BCUT2D eigenvalue weighted by molar-refractivity contribution is 0.0945. The highest BCUT2D eigenvalue weighted by atomic mass is 35.5. The molecule has 0 unspecified atom stereocenters. The fraction of sp³-hybridized carbons (Fsp3) is 0.208. The second kappa shape index (κ2) is 24.7. The van der Waals surface area contributed by atoms with Crippen LogP contribution in [0.1, 0.15) is 65.4 Å². The molecule has 0 bridgehead atoms. The van der Waals surface area contributed by atoms with Gasteiger partial charge < -0.3 is 42.5 Å². The third-order valence-corrected chi connectivity index (χ3v) is 12.0. The van der Waals surface area contributed by atoms with Gasteiger partial charge in [-0.25, -0.2) is 0 Å². The Morgan fingerprint density at radius 3 is 1.35 bits per heavy atom. The Morgan fingerprint density at radius 1 is 0.547 bits per heavy atom. The van der Waals surface area contributed by atoms with Crippen molar-refractivity contribution >= 4 is 113 Å². The van der Waals surface area contributed by atoms with E-state index in [2.05, 4.69) is 62.5 Å². The molecule has 7 aromatic rings. The maximum Gasteiger partial charge on any atom is 0.261 e. The number of carbonyl (C=O) groups is 4. The first-order valence-electron chi connectivity index (χ1n) is 23.8. The van der Waals surface area contributed by atoms with E-state index >= 15 is 0 Å². The fourth-order valence-electron chi connectivity index (χ4n) is 8.08. The van der Waals surface area contributed by atoms with Crippen LogP contribution in [0.25, 0.3) is 21.8 Å². The van der Waals surface area contributed by atoms with Crippen molar-refractivity contribution in [2.45, 2.75) is 12.8 Å². The van der Waals surface area contributed by atoms with Crippen LogP contribution < -0.4 is 42.5 Å². The zero-order valence-corrected chi connectivity index (χ0v) is 42.8. The van der Waals surface area contributed by atoms with Crippen LogP contribution in [-0.2, 0) is 10.1 Å². The van der Waals surface area contributed by atoms with Crippen LogP contribution >= 0.6 is 23.2 Å². The lowest BCUT2D eigenvalue weighted by atomic mass is 10.1. The molecule has 5 aromatic carbocycles. The third-order valence-electron chi connectivity index (χ3n) is 11.5. The maximum absolute atomic E-state index is 13.6. The molecule has 9 N–H and O–H groups in total. The first-order valence-corrected chi connectivity index (χ1v) is 26.4. The lowest BCUT2D eigenvalue weighted by Crippen LogP contribution is -2.27. The largest absolute Gasteiger partial charge is 0.384 e. The Balaban J connectivity index is 0.00000143. The van der Waals surface area contributed by atoms with E-state index in [9.17, 15) is 27.6 Å². The summed E-state index contributed by atoms with van der Waals surface area (Å²) in [6.45, 7) is 4.54. The Morgan fingerprint density at radius 2 is 0.960 bits per heavy atom. The van der Waals surface area contributed by atoms with Crippen molar-refractivity contribution in [1.29, 1.82) is 0 Å². The highest BCUT2D eigenvalue weighted by Crippen LogP contribution is 2.26. The quantitative estimate of drug-likeness (QED) is 0.0303. The van der Waals surface area contributed by atoms with E-state index < -0.39 is 21.9 Å². The number of benzene rings is 5. The standard InChI is InChI=1S/C52H48Cl2N12O4.CH4O3S/c53-37-7-9-41-43(11-17-57-45(41)29-37)55-13-1-15-63-49(67)35-23-33(47-59-19-20-60-47)25-39(27-35)65-51(69)31-3-5-32(6-4-31)52(70)66-40-26-34(48-61-21-22-62-48)24-36(28-40)50(68)64-16-2-14-56-44-12-18-58-46-30-38(54)8-10-42(44)46;1-5(2,3)4/h3-12,17-18,23-30H,1-2,13-16,19-22H2,(H,55,57)(H,56,58)(H,59,60)(H,61,62)(H,63,67)(H,64,68)(H,65,69)(H,66,70);1H3,(H,2,3,4). The van der Waals surface area contributed by atoms with Crippen LogP contribution in [0.2, 0.25) is 10.0 Å². The summed E-state index contributed by atoms with van der Waals surface area (Å²) in [6, 6.07) is 31.4. The second-order valence-electron chi connectivity index (χ2n) is 17.2. The molecule has 4 heterocycles. The number of hydrogen-bond donors (Lipinski definition) is 9. The van der Waals surface area contributed by atoms with E-state index in [-0.39, 0.29) is 11.8 Å². The van der Waals surface area contributed by atoms with Gasteiger partial charge in [-0.3, -0.25) is 43.7 Å². The predicted octanol–water partition coefficient (Wildman–Crippen LogP) is 7.26. The summed E-state index contributed by atoms with van der Waals surface area (Å²) in [5, 5.41) is 28.2. The van der Waals surface area contributed by atoms with E-state index in [1.165, 1.54) is 0 Å². The second-order valence-corrected chi connectivity index (χ2v) is 19.6. The molecule has 22 heteroatoms. The SMILES string of the molecule is CS(=O)(=O)O.O=C(NCCCNc1ccnc2cc(Cl)ccc12)c1cc(NC(=O)c2ccc(C(=O)Nc3cc(C(=O)NCCCNc4ccnc5cc(Cl)ccc45)cc(C4=NCCN4)c3)cc2)cc(C2=NCCN2)c1. The van der Waals surface area contributed by atoms with Gasteiger partial charge in [0.1, 0.15) is 11.7 Å². The topological polar surface area (TPSA) is 269 Å². The number of aromatic nitrogens is 2. The van der Waals surface area contributed by atoms with E-state index in [0.29, 0.717) is 138 Å². The molecule has 0 spiro atoms. The van der Waals surface area contributed by atoms with Crippen LogP contribution in [0, 0.1) is 0 Å². The van der Waals surface area contributed by atoms with Crippen molar-refractivity contribution in [3.8, 4) is 0 Å². The minimum absolute atomic E-state index is 0.294. The van der Waals surface area contributed by atoms with Crippen molar-refractivity contribution in [3.63, 3.8) is 0 Å². The summed E-state index contributed by atoms with van der Waals surface area (Å²) < 4.78 is 25.9. The number of amides is 4. The molecule has 0 saturated heterocycles. The van der Waals surface area contributed by atoms with Crippen LogP contribution in [0.4, 0.5) is 22.7 Å². The zero-order chi connectivity index (χ0) is 52.9. The predicted molar refractivity (Wildman–Crippen MR) is 296 cm³/mol. The molecule has 9 rings (SSSR count). The molecule has 2 aliphatic rings. The smallest absolute Gasteiger partial charge is 0.261 e. The fourth-order valence-corrected chi connectivity index (χ4v) is 8.41. The van der Waals surface area contributed by atoms with Gasteiger partial charge in [-0.2, -0.15) is 8.42 Å². The van der Waals surface area contributed by atoms with Gasteiger partial charge >= 0.3 is 0 Å². The minimum Gasteiger partial charge on any atom is -0.384 e. The third kappa shape index (κ3) is 15.0. The number of rotatable bonds is 18. The first kappa shape index (κ1) is 53.1. The summed E-state index contributed by atoms with van der Waals surface area (Å²) in [7, 11) is -3.67. The van der Waals surface area contributed by atoms with E-state index in [1.807, 2.05) is 48.5 Å². The molecule has 0 atom stereocenters. The van der Waals surface area contributed by atoms with E-state index in [0.717, 1.165) is 33.2 Å². The maximum atomic E-state index is 13.6. The number of fused-ring (bicyclic) bond motifs is 2. The number of carbonyl (C=O) groups excluding carboxylic acids is 4. The summed E-state index contributed by atoms with van der Waals surface area (Å²) in [5.74, 6) is -0.206. The number of anilines is 4. The zero-order valence-electron chi connectivity index (χ0n) is 40.5. The number of nitrogens with one attached hydrogen (secondary N) is 8. The summed E-state index contributed by atoms with van der Waals surface area (Å²) in [6.07, 6.45) is 5.46. The lowest BCUT2D eigenvalue weighted by Gasteiger charge is -2.13. The molecule has 386 valence electrons. The monoisotopic (exact) mass is 1070 g/mol. The average molecular weight is 1070 g/mol. The summed E-state index contributed by atoms with van der Waals surface area (Å²) >= 11 is 12.3. The van der Waals surface area contributed by atoms with Gasteiger partial charge in [-0.15, -0.1) is 0 Å². The summed E-state index contributed by atoms with van der Waals surface area (Å²) in [4.78, 5) is 72.0. The molecule has 19 nitrogen and oxygen atoms in total. The molecule has 2 aliphatic heterocycles. The summed E-state index contributed by atoms with van der Waals surface area (Å²) in [5.41, 5.74) is 6.87. The number of pyridine rings is 2. The minimum atomic E-state index is -3.67. The molecule has 0 aliphatic carbocycles. The Hall–Kier alpha value is -8.17. The number of hydrogen-bond acceptors (Lipinski definition) is 14. The van der Waals surface area contributed by atoms with Crippen molar-refractivity contribution in [2.75, 3.05) is 79.9 Å². The Bertz CT molecular complexity index is 3250. The van der Waals surface area contributed by atoms with Gasteiger partial charge in [0.15, 0.2) is 0 Å². The highest BCUT2D eigenvalue weighted by Gasteiger charge is 2.19. The number of halogens is 2. The van der Waals surface area contributed by atoms with Crippen molar-refractivity contribution in [3.05, 3.63) is 165 Å². The van der Waals surface area contributed by atoms with Crippen molar-refractivity contribution in [1.82, 2.24) is 31.2 Å². The Kier molecular flexibility index (Phi) is 17.5. The van der Waals surface area contributed by atoms with Gasteiger partial charge in [0.2, 0.25) is 0 Å². The highest BCUT2D eigenvalue weighted by molar-refractivity contribution is 7.85. The molecular formula is C53H52Cl2N12O7S. The molecule has 0 radical (unpaired) electrons. The average Bonchev–Trinajstić information content (AvgIpc) is 4.15. The molecule has 0 saturated carbocycles. The van der Waals surface area contributed by atoms with Gasteiger partial charge in [-0.05, 0) is 122 Å². The van der Waals surface area contributed by atoms with Gasteiger partial charge in [-0.1, -0.05) is 23.2 Å². The van der Waals surface area contributed by atoms with Crippen molar-refractivity contribution < 1.29 is 32.1 Å². The normalized spacial score (nSPS) is 12.8. The number of aliphatic imine (C=N–C) groups is 2. The molecule has 75 heavy (non-hydrogen) atoms. The molecular weight excluding hydrogens is 1020 g/mol. The number of amidine groups is 2. The van der Waals surface area contributed by atoms with Crippen LogP contribution in [0.5, 0.6) is 0 Å².